The summed E-state index contributed by atoms with van der Waals surface area (Å²) in [5, 5.41) is 0. The van der Waals surface area contributed by atoms with Crippen LogP contribution in [-0.4, -0.2) is 20.0 Å². The molecule has 0 spiro atoms. The molecule has 6 N–H and O–H groups in total. The van der Waals surface area contributed by atoms with Gasteiger partial charge in [0, 0.05) is 0 Å². The molecule has 1 aromatic carbocycles. The lowest BCUT2D eigenvalue weighted by Gasteiger charge is -2.05. The van der Waals surface area contributed by atoms with Crippen molar-refractivity contribution in [3.8, 4) is 11.5 Å². The fraction of sp³-hybridized carbons (Fsp3) is 0.231. The molecular weight excluding hydrogens is 292 g/mol. The van der Waals surface area contributed by atoms with E-state index in [0.29, 0.717) is 0 Å². The lowest BCUT2D eigenvalue weighted by Crippen LogP contribution is -2.26. The number of rotatable bonds is 1. The van der Waals surface area contributed by atoms with Crippen LogP contribution in [-0.2, 0) is 0 Å². The van der Waals surface area contributed by atoms with E-state index in [9.17, 15) is 8.78 Å². The molecule has 1 aromatic rings. The molecule has 0 atom stereocenters. The Kier molecular flexibility index (Phi) is 5.05. The first-order valence-corrected chi connectivity index (χ1v) is 9.55. The summed E-state index contributed by atoms with van der Waals surface area (Å²) in [4.78, 5) is 7.02. The number of halogens is 2. The van der Waals surface area contributed by atoms with Crippen LogP contribution in [0.2, 0.25) is 19.6 Å². The van der Waals surface area contributed by atoms with Crippen LogP contribution < -0.4 is 17.2 Å². The van der Waals surface area contributed by atoms with Gasteiger partial charge in [-0.2, -0.15) is 4.99 Å². The van der Waals surface area contributed by atoms with Gasteiger partial charge in [0.15, 0.2) is 17.6 Å². The van der Waals surface area contributed by atoms with Gasteiger partial charge in [0.1, 0.15) is 13.8 Å². The molecule has 5 nitrogen and oxygen atoms in total. The van der Waals surface area contributed by atoms with Crippen LogP contribution in [0.3, 0.4) is 0 Å². The number of hydrogen-bond acceptors (Lipinski definition) is 1. The second-order valence-corrected chi connectivity index (χ2v) is 10.0. The van der Waals surface area contributed by atoms with E-state index in [1.165, 1.54) is 12.1 Å². The van der Waals surface area contributed by atoms with E-state index in [1.807, 2.05) is 19.6 Å². The maximum atomic E-state index is 13.9. The number of nitrogens with two attached hydrogens (primary N) is 3. The van der Waals surface area contributed by atoms with Gasteiger partial charge in [-0.25, -0.2) is 13.8 Å². The molecule has 0 fully saturated rings. The molecule has 0 bridgehead atoms. The second-order valence-electron chi connectivity index (χ2n) is 5.27. The van der Waals surface area contributed by atoms with Gasteiger partial charge >= 0.3 is 0 Å². The second kappa shape index (κ2) is 6.36. The summed E-state index contributed by atoms with van der Waals surface area (Å²) in [6.45, 7) is 6.01. The van der Waals surface area contributed by atoms with Gasteiger partial charge in [-0.1, -0.05) is 25.6 Å². The molecule has 0 aliphatic rings. The predicted octanol–water partition coefficient (Wildman–Crippen LogP) is 1.41. The molecular formula is C13H17F2N5Si. The maximum Gasteiger partial charge on any atom is 0.223 e. The Bertz CT molecular complexity index is 662. The minimum absolute atomic E-state index is 0.0192. The topological polar surface area (TPSA) is 103 Å². The highest BCUT2D eigenvalue weighted by Crippen LogP contribution is 2.23. The number of benzene rings is 1. The molecule has 0 unspecified atom stereocenters. The van der Waals surface area contributed by atoms with Gasteiger partial charge in [-0.3, -0.25) is 0 Å². The summed E-state index contributed by atoms with van der Waals surface area (Å²) in [6.07, 6.45) is 0. The lowest BCUT2D eigenvalue weighted by atomic mass is 10.2. The van der Waals surface area contributed by atoms with Crippen LogP contribution in [0.4, 0.5) is 14.5 Å². The van der Waals surface area contributed by atoms with Crippen molar-refractivity contribution in [2.75, 3.05) is 0 Å². The highest BCUT2D eigenvalue weighted by Gasteiger charge is 2.13. The van der Waals surface area contributed by atoms with Gasteiger partial charge < -0.3 is 17.2 Å². The van der Waals surface area contributed by atoms with Gasteiger partial charge in [0.2, 0.25) is 5.96 Å². The van der Waals surface area contributed by atoms with Crippen molar-refractivity contribution in [2.24, 2.45) is 27.2 Å². The molecule has 0 aliphatic carbocycles. The zero-order valence-electron chi connectivity index (χ0n) is 12.0. The fourth-order valence-electron chi connectivity index (χ4n) is 1.26. The van der Waals surface area contributed by atoms with Gasteiger partial charge in [-0.05, 0) is 12.1 Å². The van der Waals surface area contributed by atoms with E-state index in [4.69, 9.17) is 17.2 Å². The summed E-state index contributed by atoms with van der Waals surface area (Å²) >= 11 is 0. The maximum absolute atomic E-state index is 13.9. The summed E-state index contributed by atoms with van der Waals surface area (Å²) in [5.74, 6) is -0.252. The first-order valence-electron chi connectivity index (χ1n) is 6.05. The third kappa shape index (κ3) is 5.23. The van der Waals surface area contributed by atoms with Crippen LogP contribution in [0.15, 0.2) is 22.1 Å². The van der Waals surface area contributed by atoms with Crippen molar-refractivity contribution < 1.29 is 8.78 Å². The Hall–Kier alpha value is -2.40. The molecule has 0 aliphatic heterocycles. The Morgan fingerprint density at radius 1 is 1.10 bits per heavy atom. The van der Waals surface area contributed by atoms with E-state index >= 15 is 0 Å². The molecule has 0 heterocycles. The Morgan fingerprint density at radius 2 is 1.71 bits per heavy atom. The SMILES string of the molecule is C[Si](C)(C)C#Cc1ccc(N=C(N)N=C(N)N)c(F)c1F. The first-order chi connectivity index (χ1) is 9.60. The molecule has 8 heteroatoms. The van der Waals surface area contributed by atoms with Gasteiger partial charge in [0.05, 0.1) is 5.56 Å². The van der Waals surface area contributed by atoms with E-state index < -0.39 is 19.7 Å². The smallest absolute Gasteiger partial charge is 0.223 e. The predicted molar refractivity (Wildman–Crippen MR) is 83.7 cm³/mol. The Labute approximate surface area is 123 Å². The lowest BCUT2D eigenvalue weighted by molar-refractivity contribution is 0.508. The molecule has 0 saturated heterocycles. The summed E-state index contributed by atoms with van der Waals surface area (Å²) < 4.78 is 27.8. The van der Waals surface area contributed by atoms with Crippen LogP contribution in [0.25, 0.3) is 0 Å². The third-order valence-corrected chi connectivity index (χ3v) is 2.99. The Balaban J connectivity index is 3.23. The van der Waals surface area contributed by atoms with Gasteiger partial charge in [0.25, 0.3) is 0 Å². The van der Waals surface area contributed by atoms with E-state index in [-0.39, 0.29) is 23.2 Å². The van der Waals surface area contributed by atoms with Crippen molar-refractivity contribution in [3.05, 3.63) is 29.3 Å². The first kappa shape index (κ1) is 16.7. The number of aliphatic imine (C=N–C) groups is 2. The molecule has 1 rings (SSSR count). The highest BCUT2D eigenvalue weighted by atomic mass is 28.3. The molecule has 0 saturated carbocycles. The zero-order chi connectivity index (χ0) is 16.2. The number of nitrogens with zero attached hydrogens (tertiary/aromatic N) is 2. The molecule has 0 aromatic heterocycles. The minimum Gasteiger partial charge on any atom is -0.370 e. The quantitative estimate of drug-likeness (QED) is 0.316. The van der Waals surface area contributed by atoms with Crippen molar-refractivity contribution in [1.82, 2.24) is 0 Å². The van der Waals surface area contributed by atoms with Crippen molar-refractivity contribution in [3.63, 3.8) is 0 Å². The van der Waals surface area contributed by atoms with Crippen LogP contribution in [0, 0.1) is 23.1 Å². The van der Waals surface area contributed by atoms with Crippen molar-refractivity contribution in [1.29, 1.82) is 0 Å². The summed E-state index contributed by atoms with van der Waals surface area (Å²) in [5.41, 5.74) is 18.2. The van der Waals surface area contributed by atoms with Crippen LogP contribution in [0.5, 0.6) is 0 Å². The fourth-order valence-corrected chi connectivity index (χ4v) is 1.77. The summed E-state index contributed by atoms with van der Waals surface area (Å²) in [6, 6.07) is 2.61. The zero-order valence-corrected chi connectivity index (χ0v) is 13.0. The largest absolute Gasteiger partial charge is 0.370 e. The van der Waals surface area contributed by atoms with Crippen molar-refractivity contribution >= 4 is 25.7 Å². The molecule has 21 heavy (non-hydrogen) atoms. The van der Waals surface area contributed by atoms with Gasteiger partial charge in [-0.15, -0.1) is 5.54 Å². The summed E-state index contributed by atoms with van der Waals surface area (Å²) in [7, 11) is -1.68. The molecule has 112 valence electrons. The standard InChI is InChI=1S/C13H17F2N5Si/c1-21(2,3)7-6-8-4-5-9(11(15)10(8)14)19-13(18)20-12(16)17/h4-5H,1-3H3,(H6,16,17,18,19,20). The normalized spacial score (nSPS) is 11.6. The molecule has 0 amide bonds. The average Bonchev–Trinajstić information content (AvgIpc) is 2.32. The monoisotopic (exact) mass is 309 g/mol. The average molecular weight is 309 g/mol. The minimum atomic E-state index is -1.68. The Morgan fingerprint density at radius 3 is 2.24 bits per heavy atom. The van der Waals surface area contributed by atoms with Crippen LogP contribution in [0.1, 0.15) is 5.56 Å². The molecule has 0 radical (unpaired) electrons. The third-order valence-electron chi connectivity index (χ3n) is 2.11. The van der Waals surface area contributed by atoms with E-state index in [0.717, 1.165) is 0 Å². The van der Waals surface area contributed by atoms with Crippen molar-refractivity contribution in [2.45, 2.75) is 19.6 Å². The highest BCUT2D eigenvalue weighted by molar-refractivity contribution is 6.83. The number of guanidine groups is 2. The van der Waals surface area contributed by atoms with Crippen LogP contribution >= 0.6 is 0 Å². The van der Waals surface area contributed by atoms with E-state index in [1.54, 1.807) is 0 Å². The number of hydrogen-bond donors (Lipinski definition) is 3. The van der Waals surface area contributed by atoms with E-state index in [2.05, 4.69) is 21.4 Å².